The van der Waals surface area contributed by atoms with Crippen molar-refractivity contribution >= 4 is 0 Å². The lowest BCUT2D eigenvalue weighted by Crippen LogP contribution is -2.39. The Bertz CT molecular complexity index is 689. The molecule has 0 spiro atoms. The lowest BCUT2D eigenvalue weighted by molar-refractivity contribution is 0.0315. The van der Waals surface area contributed by atoms with Gasteiger partial charge in [-0.15, -0.1) is 0 Å². The first-order valence-corrected chi connectivity index (χ1v) is 8.77. The maximum Gasteiger partial charge on any atom is 0.139 e. The number of aliphatic hydroxyl groups is 1. The number of aryl methyl sites for hydroxylation is 2. The molecule has 0 aliphatic carbocycles. The van der Waals surface area contributed by atoms with E-state index in [2.05, 4.69) is 25.8 Å². The molecule has 0 aromatic carbocycles. The molecule has 130 valence electrons. The molecule has 4 rings (SSSR count). The van der Waals surface area contributed by atoms with Gasteiger partial charge in [-0.05, 0) is 31.4 Å². The first kappa shape index (κ1) is 15.8. The van der Waals surface area contributed by atoms with E-state index in [1.165, 1.54) is 5.69 Å². The van der Waals surface area contributed by atoms with Crippen molar-refractivity contribution in [2.45, 2.75) is 44.5 Å². The fourth-order valence-corrected chi connectivity index (χ4v) is 3.81. The summed E-state index contributed by atoms with van der Waals surface area (Å²) in [5.74, 6) is 0. The van der Waals surface area contributed by atoms with Crippen LogP contribution in [0.1, 0.15) is 42.4 Å². The van der Waals surface area contributed by atoms with E-state index < -0.39 is 6.10 Å². The molecule has 0 amide bonds. The summed E-state index contributed by atoms with van der Waals surface area (Å²) in [5, 5.41) is 19.4. The van der Waals surface area contributed by atoms with Gasteiger partial charge in [0.1, 0.15) is 6.10 Å². The minimum Gasteiger partial charge on any atom is -0.381 e. The molecule has 2 aliphatic heterocycles. The van der Waals surface area contributed by atoms with E-state index in [9.17, 15) is 5.11 Å². The zero-order chi connectivity index (χ0) is 16.5. The molecular formula is C17H25N5O2. The molecule has 1 N–H and O–H groups in total. The van der Waals surface area contributed by atoms with Crippen LogP contribution >= 0.6 is 0 Å². The van der Waals surface area contributed by atoms with Gasteiger partial charge in [0, 0.05) is 52.1 Å². The van der Waals surface area contributed by atoms with E-state index in [-0.39, 0.29) is 0 Å². The van der Waals surface area contributed by atoms with E-state index in [1.807, 2.05) is 13.1 Å². The SMILES string of the molecule is Cn1nccc1[C@H](O)c1cc2n(n1)CCCN(C1CCOCC1)C2. The van der Waals surface area contributed by atoms with Gasteiger partial charge < -0.3 is 9.84 Å². The van der Waals surface area contributed by atoms with E-state index in [4.69, 9.17) is 4.74 Å². The normalized spacial score (nSPS) is 21.4. The van der Waals surface area contributed by atoms with Crippen molar-refractivity contribution in [3.63, 3.8) is 0 Å². The smallest absolute Gasteiger partial charge is 0.139 e. The van der Waals surface area contributed by atoms with Crippen LogP contribution in [-0.2, 0) is 24.9 Å². The standard InChI is InChI=1S/C17H25N5O2/c1-20-16(3-6-18-20)17(23)15-11-14-12-21(7-2-8-22(14)19-15)13-4-9-24-10-5-13/h3,6,11,13,17,23H,2,4-5,7-10,12H2,1H3/t17-/m1/s1. The Kier molecular flexibility index (Phi) is 4.39. The van der Waals surface area contributed by atoms with Gasteiger partial charge >= 0.3 is 0 Å². The summed E-state index contributed by atoms with van der Waals surface area (Å²) in [5.41, 5.74) is 2.67. The van der Waals surface area contributed by atoms with Crippen LogP contribution in [0.3, 0.4) is 0 Å². The summed E-state index contributed by atoms with van der Waals surface area (Å²) in [6, 6.07) is 4.49. The minimum atomic E-state index is -0.728. The quantitative estimate of drug-likeness (QED) is 0.912. The Hall–Kier alpha value is -1.70. The largest absolute Gasteiger partial charge is 0.381 e. The van der Waals surface area contributed by atoms with E-state index in [1.54, 1.807) is 10.9 Å². The average Bonchev–Trinajstić information content (AvgIpc) is 3.16. The second-order valence-electron chi connectivity index (χ2n) is 6.73. The Morgan fingerprint density at radius 2 is 2.12 bits per heavy atom. The highest BCUT2D eigenvalue weighted by atomic mass is 16.5. The second kappa shape index (κ2) is 6.66. The summed E-state index contributed by atoms with van der Waals surface area (Å²) in [4.78, 5) is 2.56. The fourth-order valence-electron chi connectivity index (χ4n) is 3.81. The maximum absolute atomic E-state index is 10.6. The zero-order valence-corrected chi connectivity index (χ0v) is 14.1. The van der Waals surface area contributed by atoms with Crippen LogP contribution in [0.2, 0.25) is 0 Å². The maximum atomic E-state index is 10.6. The number of fused-ring (bicyclic) bond motifs is 1. The fraction of sp³-hybridized carbons (Fsp3) is 0.647. The van der Waals surface area contributed by atoms with Gasteiger partial charge in [-0.3, -0.25) is 14.3 Å². The molecule has 7 nitrogen and oxygen atoms in total. The minimum absolute atomic E-state index is 0.602. The van der Waals surface area contributed by atoms with Gasteiger partial charge in [0.15, 0.2) is 0 Å². The van der Waals surface area contributed by atoms with Crippen LogP contribution in [0.25, 0.3) is 0 Å². The predicted molar refractivity (Wildman–Crippen MR) is 88.4 cm³/mol. The second-order valence-corrected chi connectivity index (χ2v) is 6.73. The third-order valence-electron chi connectivity index (χ3n) is 5.19. The van der Waals surface area contributed by atoms with Gasteiger partial charge in [0.2, 0.25) is 0 Å². The highest BCUT2D eigenvalue weighted by Crippen LogP contribution is 2.25. The lowest BCUT2D eigenvalue weighted by atomic mass is 10.1. The third kappa shape index (κ3) is 2.99. The van der Waals surface area contributed by atoms with Crippen LogP contribution in [-0.4, -0.2) is 55.4 Å². The number of aromatic nitrogens is 4. The molecule has 2 aromatic rings. The van der Waals surface area contributed by atoms with Crippen molar-refractivity contribution in [2.24, 2.45) is 7.05 Å². The zero-order valence-electron chi connectivity index (χ0n) is 14.1. The van der Waals surface area contributed by atoms with Crippen molar-refractivity contribution in [1.82, 2.24) is 24.5 Å². The monoisotopic (exact) mass is 331 g/mol. The molecule has 4 heterocycles. The summed E-state index contributed by atoms with van der Waals surface area (Å²) >= 11 is 0. The lowest BCUT2D eigenvalue weighted by Gasteiger charge is -2.33. The first-order valence-electron chi connectivity index (χ1n) is 8.77. The average molecular weight is 331 g/mol. The first-order chi connectivity index (χ1) is 11.7. The van der Waals surface area contributed by atoms with Crippen LogP contribution in [0.15, 0.2) is 18.3 Å². The van der Waals surface area contributed by atoms with Crippen molar-refractivity contribution in [3.8, 4) is 0 Å². The number of nitrogens with zero attached hydrogens (tertiary/aromatic N) is 5. The summed E-state index contributed by atoms with van der Waals surface area (Å²) < 4.78 is 9.26. The molecular weight excluding hydrogens is 306 g/mol. The highest BCUT2D eigenvalue weighted by Gasteiger charge is 2.26. The van der Waals surface area contributed by atoms with Crippen molar-refractivity contribution in [1.29, 1.82) is 0 Å². The van der Waals surface area contributed by atoms with Gasteiger partial charge in [-0.25, -0.2) is 0 Å². The Morgan fingerprint density at radius 3 is 2.88 bits per heavy atom. The topological polar surface area (TPSA) is 68.3 Å². The van der Waals surface area contributed by atoms with Gasteiger partial charge in [-0.1, -0.05) is 0 Å². The Morgan fingerprint density at radius 1 is 1.29 bits per heavy atom. The van der Waals surface area contributed by atoms with E-state index in [0.717, 1.165) is 57.8 Å². The van der Waals surface area contributed by atoms with Crippen molar-refractivity contribution < 1.29 is 9.84 Å². The molecule has 1 saturated heterocycles. The number of rotatable bonds is 3. The van der Waals surface area contributed by atoms with E-state index in [0.29, 0.717) is 11.7 Å². The Labute approximate surface area is 141 Å². The molecule has 1 atom stereocenters. The van der Waals surface area contributed by atoms with Gasteiger partial charge in [0.05, 0.1) is 17.1 Å². The summed E-state index contributed by atoms with van der Waals surface area (Å²) in [6.07, 6.45) is 4.28. The number of aliphatic hydroxyl groups excluding tert-OH is 1. The summed E-state index contributed by atoms with van der Waals surface area (Å²) in [7, 11) is 1.84. The Balaban J connectivity index is 1.54. The van der Waals surface area contributed by atoms with Crippen LogP contribution in [0, 0.1) is 0 Å². The van der Waals surface area contributed by atoms with Crippen molar-refractivity contribution in [2.75, 3.05) is 19.8 Å². The predicted octanol–water partition coefficient (Wildman–Crippen LogP) is 1.08. The number of ether oxygens (including phenoxy) is 1. The molecule has 24 heavy (non-hydrogen) atoms. The number of hydrogen-bond acceptors (Lipinski definition) is 5. The van der Waals surface area contributed by atoms with Crippen LogP contribution in [0.4, 0.5) is 0 Å². The van der Waals surface area contributed by atoms with Crippen LogP contribution in [0.5, 0.6) is 0 Å². The van der Waals surface area contributed by atoms with E-state index >= 15 is 0 Å². The van der Waals surface area contributed by atoms with Crippen LogP contribution < -0.4 is 0 Å². The summed E-state index contributed by atoms with van der Waals surface area (Å²) in [6.45, 7) is 4.65. The molecule has 0 unspecified atom stereocenters. The molecule has 0 saturated carbocycles. The molecule has 7 heteroatoms. The van der Waals surface area contributed by atoms with Gasteiger partial charge in [-0.2, -0.15) is 10.2 Å². The molecule has 0 bridgehead atoms. The molecule has 1 fully saturated rings. The molecule has 2 aliphatic rings. The van der Waals surface area contributed by atoms with Crippen molar-refractivity contribution in [3.05, 3.63) is 35.4 Å². The molecule has 2 aromatic heterocycles. The number of hydrogen-bond donors (Lipinski definition) is 1. The highest BCUT2D eigenvalue weighted by molar-refractivity contribution is 5.21. The molecule has 0 radical (unpaired) electrons. The van der Waals surface area contributed by atoms with Gasteiger partial charge in [0.25, 0.3) is 0 Å². The third-order valence-corrected chi connectivity index (χ3v) is 5.19.